The molecule has 0 rings (SSSR count). The highest BCUT2D eigenvalue weighted by atomic mass is 16.3. The quantitative estimate of drug-likeness (QED) is 0.470. The summed E-state index contributed by atoms with van der Waals surface area (Å²) >= 11 is 0. The van der Waals surface area contributed by atoms with Crippen molar-refractivity contribution in [2.45, 2.75) is 52.1 Å². The van der Waals surface area contributed by atoms with Crippen molar-refractivity contribution in [3.05, 3.63) is 0 Å². The molecule has 0 aliphatic carbocycles. The van der Waals surface area contributed by atoms with E-state index in [1.165, 1.54) is 0 Å². The van der Waals surface area contributed by atoms with Crippen LogP contribution in [-0.4, -0.2) is 27.7 Å². The van der Waals surface area contributed by atoms with Gasteiger partial charge in [-0.2, -0.15) is 0 Å². The number of hydrogen-bond acceptors (Lipinski definition) is 4. The van der Waals surface area contributed by atoms with E-state index in [4.69, 9.17) is 5.73 Å². The van der Waals surface area contributed by atoms with Gasteiger partial charge in [-0.3, -0.25) is 5.32 Å². The lowest BCUT2D eigenvalue weighted by Gasteiger charge is -2.40. The van der Waals surface area contributed by atoms with Crippen molar-refractivity contribution in [3.8, 4) is 0 Å². The maximum absolute atomic E-state index is 9.68. The summed E-state index contributed by atoms with van der Waals surface area (Å²) in [5.41, 5.74) is 3.73. The lowest BCUT2D eigenvalue weighted by Crippen LogP contribution is -2.67. The Labute approximate surface area is 80.1 Å². The molecule has 2 atom stereocenters. The zero-order chi connectivity index (χ0) is 10.9. The number of hydrogen-bond donors (Lipinski definition) is 4. The molecular formula is C9H22N2O2. The van der Waals surface area contributed by atoms with E-state index in [2.05, 4.69) is 5.32 Å². The van der Waals surface area contributed by atoms with Crippen LogP contribution in [0.2, 0.25) is 0 Å². The summed E-state index contributed by atoms with van der Waals surface area (Å²) in [6.07, 6.45) is -0.707. The number of nitrogens with two attached hydrogens (primary N) is 1. The second kappa shape index (κ2) is 3.92. The zero-order valence-corrected chi connectivity index (χ0v) is 9.13. The Hall–Kier alpha value is -0.160. The van der Waals surface area contributed by atoms with Crippen molar-refractivity contribution in [2.24, 2.45) is 11.7 Å². The summed E-state index contributed by atoms with van der Waals surface area (Å²) in [6, 6.07) is 0. The van der Waals surface area contributed by atoms with Crippen molar-refractivity contribution in [1.29, 1.82) is 0 Å². The third-order valence-corrected chi connectivity index (χ3v) is 2.35. The molecule has 80 valence electrons. The molecule has 0 bridgehead atoms. The van der Waals surface area contributed by atoms with Gasteiger partial charge in [0.1, 0.15) is 6.23 Å². The van der Waals surface area contributed by atoms with Gasteiger partial charge in [-0.05, 0) is 26.7 Å². The number of rotatable bonds is 4. The number of nitrogens with one attached hydrogen (secondary N) is 1. The number of aliphatic hydroxyl groups is 2. The summed E-state index contributed by atoms with van der Waals surface area (Å²) in [4.78, 5) is 0. The average molecular weight is 190 g/mol. The fourth-order valence-corrected chi connectivity index (χ4v) is 0.650. The van der Waals surface area contributed by atoms with E-state index >= 15 is 0 Å². The molecule has 0 saturated carbocycles. The highest BCUT2D eigenvalue weighted by Gasteiger charge is 2.37. The second-order valence-electron chi connectivity index (χ2n) is 4.59. The SMILES string of the molecule is CC(C)C(O)NC(C)(N)C(C)(C)O. The van der Waals surface area contributed by atoms with E-state index in [0.29, 0.717) is 0 Å². The van der Waals surface area contributed by atoms with Crippen molar-refractivity contribution < 1.29 is 10.2 Å². The van der Waals surface area contributed by atoms with Gasteiger partial charge in [-0.1, -0.05) is 13.8 Å². The van der Waals surface area contributed by atoms with Gasteiger partial charge in [0.2, 0.25) is 0 Å². The van der Waals surface area contributed by atoms with Crippen LogP contribution in [-0.2, 0) is 0 Å². The zero-order valence-electron chi connectivity index (χ0n) is 9.13. The van der Waals surface area contributed by atoms with Crippen molar-refractivity contribution >= 4 is 0 Å². The van der Waals surface area contributed by atoms with Gasteiger partial charge in [0.25, 0.3) is 0 Å². The van der Waals surface area contributed by atoms with Crippen LogP contribution in [0.15, 0.2) is 0 Å². The molecule has 4 nitrogen and oxygen atoms in total. The molecule has 13 heavy (non-hydrogen) atoms. The Kier molecular flexibility index (Phi) is 3.87. The van der Waals surface area contributed by atoms with Gasteiger partial charge in [-0.25, -0.2) is 0 Å². The standard InChI is InChI=1S/C9H22N2O2/c1-6(2)7(12)11-9(5,10)8(3,4)13/h6-7,11-13H,10H2,1-5H3. The molecule has 0 radical (unpaired) electrons. The first-order valence-corrected chi connectivity index (χ1v) is 4.55. The molecule has 0 aromatic heterocycles. The molecule has 0 aliphatic rings. The Bertz CT molecular complexity index is 161. The molecule has 0 aromatic rings. The van der Waals surface area contributed by atoms with Crippen molar-refractivity contribution in [2.75, 3.05) is 0 Å². The molecule has 0 spiro atoms. The second-order valence-corrected chi connectivity index (χ2v) is 4.59. The van der Waals surface area contributed by atoms with Crippen LogP contribution >= 0.6 is 0 Å². The Morgan fingerprint density at radius 3 is 1.85 bits per heavy atom. The van der Waals surface area contributed by atoms with Crippen molar-refractivity contribution in [1.82, 2.24) is 5.32 Å². The van der Waals surface area contributed by atoms with Crippen LogP contribution in [0, 0.1) is 5.92 Å². The Morgan fingerprint density at radius 2 is 1.62 bits per heavy atom. The highest BCUT2D eigenvalue weighted by Crippen LogP contribution is 2.16. The van der Waals surface area contributed by atoms with Crippen LogP contribution in [0.1, 0.15) is 34.6 Å². The minimum atomic E-state index is -1.08. The van der Waals surface area contributed by atoms with Crippen molar-refractivity contribution in [3.63, 3.8) is 0 Å². The first-order chi connectivity index (χ1) is 5.58. The summed E-state index contributed by atoms with van der Waals surface area (Å²) in [5.74, 6) is 0.0604. The minimum absolute atomic E-state index is 0.0604. The molecule has 0 heterocycles. The number of aliphatic hydroxyl groups excluding tert-OH is 1. The van der Waals surface area contributed by atoms with E-state index in [1.54, 1.807) is 20.8 Å². The molecule has 0 saturated heterocycles. The monoisotopic (exact) mass is 190 g/mol. The predicted octanol–water partition coefficient (Wildman–Crippen LogP) is -0.00380. The summed E-state index contributed by atoms with van der Waals surface area (Å²) in [7, 11) is 0. The topological polar surface area (TPSA) is 78.5 Å². The first-order valence-electron chi connectivity index (χ1n) is 4.55. The Morgan fingerprint density at radius 1 is 1.23 bits per heavy atom. The van der Waals surface area contributed by atoms with Gasteiger partial charge in [-0.15, -0.1) is 0 Å². The maximum Gasteiger partial charge on any atom is 0.108 e. The molecular weight excluding hydrogens is 168 g/mol. The van der Waals surface area contributed by atoms with Gasteiger partial charge in [0.15, 0.2) is 0 Å². The maximum atomic E-state index is 9.68. The van der Waals surface area contributed by atoms with Crippen LogP contribution in [0.5, 0.6) is 0 Å². The Balaban J connectivity index is 4.34. The molecule has 0 amide bonds. The third-order valence-electron chi connectivity index (χ3n) is 2.35. The van der Waals surface area contributed by atoms with E-state index in [9.17, 15) is 10.2 Å². The molecule has 4 heteroatoms. The summed E-state index contributed by atoms with van der Waals surface area (Å²) in [5, 5.41) is 22.0. The highest BCUT2D eigenvalue weighted by molar-refractivity contribution is 4.92. The minimum Gasteiger partial charge on any atom is -0.387 e. The lowest BCUT2D eigenvalue weighted by atomic mass is 9.93. The van der Waals surface area contributed by atoms with Crippen LogP contribution in [0.4, 0.5) is 0 Å². The molecule has 0 fully saturated rings. The van der Waals surface area contributed by atoms with Crippen LogP contribution in [0.3, 0.4) is 0 Å². The van der Waals surface area contributed by atoms with Gasteiger partial charge < -0.3 is 15.9 Å². The van der Waals surface area contributed by atoms with E-state index in [1.807, 2.05) is 13.8 Å². The van der Waals surface area contributed by atoms with E-state index < -0.39 is 17.5 Å². The summed E-state index contributed by atoms with van der Waals surface area (Å²) in [6.45, 7) is 8.61. The fraction of sp³-hybridized carbons (Fsp3) is 1.00. The van der Waals surface area contributed by atoms with E-state index in [-0.39, 0.29) is 5.92 Å². The van der Waals surface area contributed by atoms with Crippen LogP contribution in [0.25, 0.3) is 0 Å². The third kappa shape index (κ3) is 3.60. The lowest BCUT2D eigenvalue weighted by molar-refractivity contribution is -0.0494. The van der Waals surface area contributed by atoms with Gasteiger partial charge >= 0.3 is 0 Å². The summed E-state index contributed by atoms with van der Waals surface area (Å²) < 4.78 is 0. The largest absolute Gasteiger partial charge is 0.387 e. The molecule has 0 aromatic carbocycles. The van der Waals surface area contributed by atoms with Gasteiger partial charge in [0, 0.05) is 0 Å². The molecule has 0 aliphatic heterocycles. The van der Waals surface area contributed by atoms with Gasteiger partial charge in [0.05, 0.1) is 11.3 Å². The molecule has 2 unspecified atom stereocenters. The smallest absolute Gasteiger partial charge is 0.108 e. The first kappa shape index (κ1) is 12.8. The predicted molar refractivity (Wildman–Crippen MR) is 52.9 cm³/mol. The van der Waals surface area contributed by atoms with E-state index in [0.717, 1.165) is 0 Å². The average Bonchev–Trinajstić information content (AvgIpc) is 1.83. The fourth-order valence-electron chi connectivity index (χ4n) is 0.650. The molecule has 5 N–H and O–H groups in total. The normalized spacial score (nSPS) is 20.1. The van der Waals surface area contributed by atoms with Crippen LogP contribution < -0.4 is 11.1 Å².